The number of aryl methyl sites for hydroxylation is 1. The molecule has 1 aromatic carbocycles. The number of rotatable bonds is 3. The fourth-order valence-electron chi connectivity index (χ4n) is 3.02. The summed E-state index contributed by atoms with van der Waals surface area (Å²) in [5.74, 6) is 0.503. The largest absolute Gasteiger partial charge is 0.379 e. The number of halogens is 2. The van der Waals surface area contributed by atoms with E-state index in [9.17, 15) is 4.79 Å². The van der Waals surface area contributed by atoms with Crippen molar-refractivity contribution in [3.05, 3.63) is 51.9 Å². The van der Waals surface area contributed by atoms with Crippen molar-refractivity contribution in [1.82, 2.24) is 14.5 Å². The van der Waals surface area contributed by atoms with Crippen LogP contribution in [0.15, 0.2) is 41.3 Å². The Morgan fingerprint density at radius 1 is 1.31 bits per heavy atom. The third-order valence-corrected chi connectivity index (χ3v) is 4.71. The van der Waals surface area contributed by atoms with Gasteiger partial charge in [-0.1, -0.05) is 29.8 Å². The lowest BCUT2D eigenvalue weighted by molar-refractivity contribution is 0.195. The summed E-state index contributed by atoms with van der Waals surface area (Å²) in [6.45, 7) is 1.39. The van der Waals surface area contributed by atoms with Crippen LogP contribution in [0.2, 0.25) is 5.02 Å². The Labute approximate surface area is 161 Å². The highest BCUT2D eigenvalue weighted by atomic mass is 35.5. The number of benzene rings is 1. The number of aromatic nitrogens is 3. The zero-order chi connectivity index (χ0) is 17.4. The van der Waals surface area contributed by atoms with Gasteiger partial charge < -0.3 is 10.1 Å². The molecule has 0 unspecified atom stereocenters. The molecule has 6 nitrogen and oxygen atoms in total. The summed E-state index contributed by atoms with van der Waals surface area (Å²) < 4.78 is 6.88. The molecule has 1 aliphatic heterocycles. The fraction of sp³-hybridized carbons (Fsp3) is 0.278. The van der Waals surface area contributed by atoms with Crippen molar-refractivity contribution in [1.29, 1.82) is 0 Å². The quantitative estimate of drug-likeness (QED) is 0.740. The number of anilines is 1. The first kappa shape index (κ1) is 18.6. The Morgan fingerprint density at radius 3 is 2.85 bits per heavy atom. The van der Waals surface area contributed by atoms with Crippen LogP contribution in [0.5, 0.6) is 0 Å². The molecule has 3 heterocycles. The van der Waals surface area contributed by atoms with E-state index in [2.05, 4.69) is 15.3 Å². The van der Waals surface area contributed by atoms with E-state index in [-0.39, 0.29) is 24.0 Å². The van der Waals surface area contributed by atoms with Crippen LogP contribution < -0.4 is 10.9 Å². The summed E-state index contributed by atoms with van der Waals surface area (Å²) in [7, 11) is 1.71. The van der Waals surface area contributed by atoms with Crippen molar-refractivity contribution in [3.63, 3.8) is 0 Å². The molecule has 136 valence electrons. The Kier molecular flexibility index (Phi) is 5.46. The lowest BCUT2D eigenvalue weighted by Crippen LogP contribution is -2.23. The topological polar surface area (TPSA) is 69.0 Å². The highest BCUT2D eigenvalue weighted by Gasteiger charge is 2.17. The second-order valence-corrected chi connectivity index (χ2v) is 6.49. The van der Waals surface area contributed by atoms with Gasteiger partial charge in [0, 0.05) is 41.4 Å². The van der Waals surface area contributed by atoms with Crippen LogP contribution in [0.4, 0.5) is 5.95 Å². The minimum atomic E-state index is -0.144. The van der Waals surface area contributed by atoms with Gasteiger partial charge in [-0.05, 0) is 18.6 Å². The van der Waals surface area contributed by atoms with Crippen LogP contribution in [0.25, 0.3) is 22.2 Å². The molecular weight excluding hydrogens is 375 g/mol. The number of nitrogens with one attached hydrogen (secondary N) is 1. The van der Waals surface area contributed by atoms with Crippen molar-refractivity contribution < 1.29 is 4.74 Å². The zero-order valence-corrected chi connectivity index (χ0v) is 15.7. The molecule has 4 rings (SSSR count). The van der Waals surface area contributed by atoms with Crippen molar-refractivity contribution in [2.45, 2.75) is 12.5 Å². The van der Waals surface area contributed by atoms with E-state index in [1.165, 1.54) is 4.57 Å². The maximum absolute atomic E-state index is 12.8. The Morgan fingerprint density at radius 2 is 2.12 bits per heavy atom. The molecule has 26 heavy (non-hydrogen) atoms. The lowest BCUT2D eigenvalue weighted by Gasteiger charge is -2.13. The predicted molar refractivity (Wildman–Crippen MR) is 105 cm³/mol. The third-order valence-electron chi connectivity index (χ3n) is 4.38. The third kappa shape index (κ3) is 3.40. The molecule has 0 saturated carbocycles. The predicted octanol–water partition coefficient (Wildman–Crippen LogP) is 3.27. The highest BCUT2D eigenvalue weighted by molar-refractivity contribution is 6.33. The molecule has 1 atom stereocenters. The van der Waals surface area contributed by atoms with Gasteiger partial charge in [0.2, 0.25) is 5.95 Å². The second-order valence-electron chi connectivity index (χ2n) is 6.08. The fourth-order valence-corrected chi connectivity index (χ4v) is 3.26. The van der Waals surface area contributed by atoms with Crippen LogP contribution in [0.1, 0.15) is 6.42 Å². The van der Waals surface area contributed by atoms with Crippen molar-refractivity contribution in [2.75, 3.05) is 18.5 Å². The smallest absolute Gasteiger partial charge is 0.259 e. The zero-order valence-electron chi connectivity index (χ0n) is 14.1. The van der Waals surface area contributed by atoms with E-state index in [0.717, 1.165) is 18.4 Å². The first-order chi connectivity index (χ1) is 12.1. The van der Waals surface area contributed by atoms with Gasteiger partial charge in [0.1, 0.15) is 5.65 Å². The average Bonchev–Trinajstić information content (AvgIpc) is 3.12. The highest BCUT2D eigenvalue weighted by Crippen LogP contribution is 2.27. The van der Waals surface area contributed by atoms with Crippen molar-refractivity contribution in [3.8, 4) is 11.1 Å². The summed E-state index contributed by atoms with van der Waals surface area (Å²) >= 11 is 6.25. The molecule has 3 aromatic rings. The number of hydrogen-bond donors (Lipinski definition) is 1. The number of hydrogen-bond acceptors (Lipinski definition) is 5. The van der Waals surface area contributed by atoms with Gasteiger partial charge in [-0.2, -0.15) is 4.98 Å². The second kappa shape index (κ2) is 7.61. The van der Waals surface area contributed by atoms with E-state index in [0.29, 0.717) is 34.4 Å². The molecule has 2 aromatic heterocycles. The van der Waals surface area contributed by atoms with E-state index in [1.807, 2.05) is 18.2 Å². The van der Waals surface area contributed by atoms with Crippen LogP contribution >= 0.6 is 24.0 Å². The maximum atomic E-state index is 12.8. The Balaban J connectivity index is 0.00000196. The molecule has 0 radical (unpaired) electrons. The van der Waals surface area contributed by atoms with Gasteiger partial charge in [-0.15, -0.1) is 12.4 Å². The lowest BCUT2D eigenvalue weighted by atomic mass is 10.1. The molecule has 1 saturated heterocycles. The molecule has 8 heteroatoms. The van der Waals surface area contributed by atoms with Crippen LogP contribution in [0, 0.1) is 0 Å². The summed E-state index contributed by atoms with van der Waals surface area (Å²) in [6, 6.07) is 9.30. The van der Waals surface area contributed by atoms with E-state index in [4.69, 9.17) is 16.3 Å². The average molecular weight is 393 g/mol. The maximum Gasteiger partial charge on any atom is 0.259 e. The molecule has 0 aliphatic carbocycles. The first-order valence-corrected chi connectivity index (χ1v) is 8.47. The summed E-state index contributed by atoms with van der Waals surface area (Å²) in [5, 5.41) is 4.58. The van der Waals surface area contributed by atoms with Gasteiger partial charge >= 0.3 is 0 Å². The van der Waals surface area contributed by atoms with Gasteiger partial charge in [0.15, 0.2) is 0 Å². The van der Waals surface area contributed by atoms with Crippen LogP contribution in [0.3, 0.4) is 0 Å². The molecule has 0 amide bonds. The minimum Gasteiger partial charge on any atom is -0.379 e. The van der Waals surface area contributed by atoms with Crippen molar-refractivity contribution >= 4 is 41.0 Å². The Bertz CT molecular complexity index is 1000. The first-order valence-electron chi connectivity index (χ1n) is 8.09. The van der Waals surface area contributed by atoms with Gasteiger partial charge in [-0.3, -0.25) is 9.36 Å². The van der Waals surface area contributed by atoms with Gasteiger partial charge in [0.05, 0.1) is 12.6 Å². The normalized spacial score (nSPS) is 16.5. The standard InChI is InChI=1S/C18H17ClN4O2.ClH/c1-23-16-11(9-20-18(22-16)21-12-6-7-25-10-12)8-14(17(23)24)13-4-2-3-5-15(13)19;/h2-5,8-9,12H,6-7,10H2,1H3,(H,20,21,22);1H/t12-;/m0./s1. The van der Waals surface area contributed by atoms with Gasteiger partial charge in [0.25, 0.3) is 5.56 Å². The molecule has 0 spiro atoms. The van der Waals surface area contributed by atoms with E-state index < -0.39 is 0 Å². The number of nitrogens with zero attached hydrogens (tertiary/aromatic N) is 3. The number of ether oxygens (including phenoxy) is 1. The minimum absolute atomic E-state index is 0. The summed E-state index contributed by atoms with van der Waals surface area (Å²) in [4.78, 5) is 21.7. The SMILES string of the molecule is Cl.Cn1c(=O)c(-c2ccccc2Cl)cc2cnc(N[C@H]3CCOC3)nc21. The van der Waals surface area contributed by atoms with E-state index >= 15 is 0 Å². The molecule has 1 fully saturated rings. The van der Waals surface area contributed by atoms with Crippen molar-refractivity contribution in [2.24, 2.45) is 7.05 Å². The van der Waals surface area contributed by atoms with E-state index in [1.54, 1.807) is 25.4 Å². The molecular formula is C18H18Cl2N4O2. The van der Waals surface area contributed by atoms with Crippen LogP contribution in [-0.4, -0.2) is 33.8 Å². The monoisotopic (exact) mass is 392 g/mol. The number of pyridine rings is 1. The number of fused-ring (bicyclic) bond motifs is 1. The molecule has 0 bridgehead atoms. The van der Waals surface area contributed by atoms with Gasteiger partial charge in [-0.25, -0.2) is 4.98 Å². The van der Waals surface area contributed by atoms with Crippen LogP contribution in [-0.2, 0) is 11.8 Å². The molecule has 1 N–H and O–H groups in total. The Hall–Kier alpha value is -2.15. The summed E-state index contributed by atoms with van der Waals surface area (Å²) in [5.41, 5.74) is 1.68. The summed E-state index contributed by atoms with van der Waals surface area (Å²) in [6.07, 6.45) is 2.64. The molecule has 1 aliphatic rings.